The van der Waals surface area contributed by atoms with Crippen LogP contribution in [-0.2, 0) is 0 Å². The zero-order valence-corrected chi connectivity index (χ0v) is 14.8. The minimum Gasteiger partial charge on any atom is -0.391 e. The Balaban J connectivity index is 2.01. The Morgan fingerprint density at radius 1 is 1.14 bits per heavy atom. The molecule has 3 heteroatoms. The van der Waals surface area contributed by atoms with Crippen molar-refractivity contribution in [2.45, 2.75) is 78.5 Å². The lowest BCUT2D eigenvalue weighted by Crippen LogP contribution is -2.58. The molecule has 1 aliphatic heterocycles. The van der Waals surface area contributed by atoms with Crippen molar-refractivity contribution in [1.29, 1.82) is 0 Å². The van der Waals surface area contributed by atoms with E-state index in [1.807, 2.05) is 0 Å². The highest BCUT2D eigenvalue weighted by Crippen LogP contribution is 2.42. The molecule has 4 unspecified atom stereocenters. The number of hydrogen-bond donors (Lipinski definition) is 1. The van der Waals surface area contributed by atoms with E-state index in [0.717, 1.165) is 38.5 Å². The van der Waals surface area contributed by atoms with Crippen LogP contribution < -0.4 is 0 Å². The van der Waals surface area contributed by atoms with Gasteiger partial charge in [0.05, 0.1) is 6.10 Å². The van der Waals surface area contributed by atoms with Crippen LogP contribution in [0, 0.1) is 11.3 Å². The summed E-state index contributed by atoms with van der Waals surface area (Å²) in [5.74, 6) is 0.760. The Morgan fingerprint density at radius 3 is 2.43 bits per heavy atom. The summed E-state index contributed by atoms with van der Waals surface area (Å²) in [6, 6.07) is 1.01. The van der Waals surface area contributed by atoms with Crippen LogP contribution >= 0.6 is 0 Å². The number of piperazine rings is 1. The van der Waals surface area contributed by atoms with E-state index >= 15 is 0 Å². The molecule has 0 aromatic carbocycles. The molecule has 0 aromatic heterocycles. The molecule has 124 valence electrons. The molecule has 1 heterocycles. The van der Waals surface area contributed by atoms with Crippen molar-refractivity contribution in [3.05, 3.63) is 0 Å². The van der Waals surface area contributed by atoms with E-state index in [0.29, 0.717) is 17.5 Å². The summed E-state index contributed by atoms with van der Waals surface area (Å²) in [5.41, 5.74) is 0.412. The quantitative estimate of drug-likeness (QED) is 0.864. The third-order valence-electron chi connectivity index (χ3n) is 6.47. The second kappa shape index (κ2) is 6.97. The van der Waals surface area contributed by atoms with E-state index in [9.17, 15) is 5.11 Å². The molecule has 3 nitrogen and oxygen atoms in total. The van der Waals surface area contributed by atoms with Gasteiger partial charge in [-0.3, -0.25) is 9.80 Å². The molecule has 21 heavy (non-hydrogen) atoms. The fraction of sp³-hybridized carbons (Fsp3) is 1.00. The summed E-state index contributed by atoms with van der Waals surface area (Å²) in [4.78, 5) is 5.14. The minimum atomic E-state index is -0.116. The molecule has 2 aliphatic rings. The van der Waals surface area contributed by atoms with Crippen LogP contribution in [0.1, 0.15) is 60.3 Å². The third-order valence-corrected chi connectivity index (χ3v) is 6.47. The average molecular weight is 296 g/mol. The lowest BCUT2D eigenvalue weighted by atomic mass is 9.67. The molecular formula is C18H36N2O. The summed E-state index contributed by atoms with van der Waals surface area (Å²) in [7, 11) is 0. The van der Waals surface area contributed by atoms with Gasteiger partial charge in [0.25, 0.3) is 0 Å². The Bertz CT molecular complexity index is 331. The van der Waals surface area contributed by atoms with Crippen LogP contribution in [-0.4, -0.2) is 59.3 Å². The average Bonchev–Trinajstić information content (AvgIpc) is 2.47. The predicted molar refractivity (Wildman–Crippen MR) is 89.5 cm³/mol. The fourth-order valence-electron chi connectivity index (χ4n) is 4.32. The summed E-state index contributed by atoms with van der Waals surface area (Å²) in [6.07, 6.45) is 4.49. The van der Waals surface area contributed by atoms with E-state index in [1.54, 1.807) is 0 Å². The lowest BCUT2D eigenvalue weighted by Gasteiger charge is -2.49. The number of aliphatic hydroxyl groups is 1. The molecular weight excluding hydrogens is 260 g/mol. The van der Waals surface area contributed by atoms with Gasteiger partial charge in [0.1, 0.15) is 0 Å². The first-order valence-corrected chi connectivity index (χ1v) is 9.05. The number of nitrogens with zero attached hydrogens (tertiary/aromatic N) is 2. The predicted octanol–water partition coefficient (Wildman–Crippen LogP) is 2.98. The Labute approximate surface area is 131 Å². The zero-order chi connectivity index (χ0) is 15.6. The number of likely N-dealkylation sites (N-methyl/N-ethyl adjacent to an activating group) is 1. The molecule has 2 rings (SSSR count). The van der Waals surface area contributed by atoms with Crippen LogP contribution in [0.5, 0.6) is 0 Å². The Hall–Kier alpha value is -0.120. The first-order chi connectivity index (χ1) is 9.89. The van der Waals surface area contributed by atoms with Gasteiger partial charge in [0, 0.05) is 31.7 Å². The lowest BCUT2D eigenvalue weighted by molar-refractivity contribution is -0.0455. The normalized spacial score (nSPS) is 36.9. The summed E-state index contributed by atoms with van der Waals surface area (Å²) < 4.78 is 0. The molecule has 0 bridgehead atoms. The number of hydrogen-bond acceptors (Lipinski definition) is 3. The first kappa shape index (κ1) is 17.2. The highest BCUT2D eigenvalue weighted by molar-refractivity contribution is 4.94. The SMILES string of the molecule is CCN1CCN(C2CC(C(C)(C)CC)CCC2O)CC1C. The topological polar surface area (TPSA) is 26.7 Å². The third kappa shape index (κ3) is 3.80. The number of aliphatic hydroxyl groups excluding tert-OH is 1. The van der Waals surface area contributed by atoms with Crippen molar-refractivity contribution in [2.24, 2.45) is 11.3 Å². The molecule has 1 N–H and O–H groups in total. The van der Waals surface area contributed by atoms with Gasteiger partial charge >= 0.3 is 0 Å². The van der Waals surface area contributed by atoms with E-state index < -0.39 is 0 Å². The van der Waals surface area contributed by atoms with Crippen molar-refractivity contribution in [3.8, 4) is 0 Å². The van der Waals surface area contributed by atoms with E-state index in [2.05, 4.69) is 44.4 Å². The monoisotopic (exact) mass is 296 g/mol. The van der Waals surface area contributed by atoms with Crippen molar-refractivity contribution >= 4 is 0 Å². The van der Waals surface area contributed by atoms with Crippen molar-refractivity contribution in [3.63, 3.8) is 0 Å². The number of rotatable bonds is 4. The smallest absolute Gasteiger partial charge is 0.0695 e. The van der Waals surface area contributed by atoms with Gasteiger partial charge < -0.3 is 5.11 Å². The molecule has 1 saturated carbocycles. The van der Waals surface area contributed by atoms with E-state index in [1.165, 1.54) is 19.3 Å². The van der Waals surface area contributed by atoms with Gasteiger partial charge in [-0.25, -0.2) is 0 Å². The van der Waals surface area contributed by atoms with Crippen LogP contribution in [0.4, 0.5) is 0 Å². The van der Waals surface area contributed by atoms with Gasteiger partial charge in [0.2, 0.25) is 0 Å². The first-order valence-electron chi connectivity index (χ1n) is 9.05. The zero-order valence-electron chi connectivity index (χ0n) is 14.8. The minimum absolute atomic E-state index is 0.116. The highest BCUT2D eigenvalue weighted by atomic mass is 16.3. The van der Waals surface area contributed by atoms with Crippen molar-refractivity contribution in [2.75, 3.05) is 26.2 Å². The van der Waals surface area contributed by atoms with E-state index in [4.69, 9.17) is 0 Å². The highest BCUT2D eigenvalue weighted by Gasteiger charge is 2.40. The molecule has 4 atom stereocenters. The van der Waals surface area contributed by atoms with E-state index in [-0.39, 0.29) is 6.10 Å². The van der Waals surface area contributed by atoms with Crippen LogP contribution in [0.3, 0.4) is 0 Å². The van der Waals surface area contributed by atoms with Crippen molar-refractivity contribution < 1.29 is 5.11 Å². The summed E-state index contributed by atoms with van der Waals surface area (Å²) in [6.45, 7) is 16.3. The molecule has 1 saturated heterocycles. The summed E-state index contributed by atoms with van der Waals surface area (Å²) >= 11 is 0. The Kier molecular flexibility index (Phi) is 5.72. The molecule has 0 aromatic rings. The second-order valence-electron chi connectivity index (χ2n) is 7.96. The molecule has 0 amide bonds. The standard InChI is InChI=1S/C18H36N2O/c1-6-18(4,5)15-8-9-17(21)16(12-15)20-11-10-19(7-2)14(3)13-20/h14-17,21H,6-13H2,1-5H3. The second-order valence-corrected chi connectivity index (χ2v) is 7.96. The van der Waals surface area contributed by atoms with Gasteiger partial charge in [-0.1, -0.05) is 34.1 Å². The molecule has 1 aliphatic carbocycles. The largest absolute Gasteiger partial charge is 0.391 e. The van der Waals surface area contributed by atoms with Gasteiger partial charge in [-0.05, 0) is 44.1 Å². The molecule has 0 radical (unpaired) electrons. The fourth-order valence-corrected chi connectivity index (χ4v) is 4.32. The molecule has 2 fully saturated rings. The van der Waals surface area contributed by atoms with Crippen LogP contribution in [0.25, 0.3) is 0 Å². The van der Waals surface area contributed by atoms with Crippen molar-refractivity contribution in [1.82, 2.24) is 9.80 Å². The maximum absolute atomic E-state index is 10.5. The van der Waals surface area contributed by atoms with Crippen LogP contribution in [0.15, 0.2) is 0 Å². The van der Waals surface area contributed by atoms with Gasteiger partial charge in [0.15, 0.2) is 0 Å². The van der Waals surface area contributed by atoms with Gasteiger partial charge in [-0.15, -0.1) is 0 Å². The Morgan fingerprint density at radius 2 is 1.86 bits per heavy atom. The van der Waals surface area contributed by atoms with Crippen LogP contribution in [0.2, 0.25) is 0 Å². The summed E-state index contributed by atoms with van der Waals surface area (Å²) in [5, 5.41) is 10.5. The maximum atomic E-state index is 10.5. The van der Waals surface area contributed by atoms with Gasteiger partial charge in [-0.2, -0.15) is 0 Å². The maximum Gasteiger partial charge on any atom is 0.0695 e. The molecule has 0 spiro atoms.